The second-order valence-corrected chi connectivity index (χ2v) is 8.96. The molecule has 0 spiro atoms. The van der Waals surface area contributed by atoms with Crippen LogP contribution in [0.2, 0.25) is 0 Å². The van der Waals surface area contributed by atoms with Crippen LogP contribution >= 0.6 is 11.3 Å². The topological polar surface area (TPSA) is 111 Å². The largest absolute Gasteiger partial charge is 0.454 e. The molecule has 10 heteroatoms. The first-order chi connectivity index (χ1) is 17.0. The van der Waals surface area contributed by atoms with Gasteiger partial charge >= 0.3 is 0 Å². The number of thiazole rings is 1. The van der Waals surface area contributed by atoms with Gasteiger partial charge in [-0.2, -0.15) is 9.78 Å². The van der Waals surface area contributed by atoms with E-state index in [1.165, 1.54) is 16.0 Å². The van der Waals surface area contributed by atoms with Crippen molar-refractivity contribution >= 4 is 39.7 Å². The summed E-state index contributed by atoms with van der Waals surface area (Å²) in [6.45, 7) is 3.79. The highest BCUT2D eigenvalue weighted by Gasteiger charge is 2.25. The maximum atomic E-state index is 13.1. The molecule has 1 amide bonds. The minimum atomic E-state index is -0.744. The van der Waals surface area contributed by atoms with Gasteiger partial charge in [0.2, 0.25) is 11.9 Å². The van der Waals surface area contributed by atoms with Gasteiger partial charge in [-0.3, -0.25) is 9.59 Å². The molecule has 4 heterocycles. The van der Waals surface area contributed by atoms with Gasteiger partial charge in [0.05, 0.1) is 17.0 Å². The summed E-state index contributed by atoms with van der Waals surface area (Å²) in [5, 5.41) is 10.4. The number of fused-ring (bicyclic) bond motifs is 2. The van der Waals surface area contributed by atoms with Gasteiger partial charge in [0.25, 0.3) is 11.7 Å². The lowest BCUT2D eigenvalue weighted by Gasteiger charge is -2.06. The van der Waals surface area contributed by atoms with Crippen LogP contribution in [0.1, 0.15) is 21.7 Å². The number of H-pyrrole nitrogens is 1. The van der Waals surface area contributed by atoms with Crippen LogP contribution in [0.25, 0.3) is 27.3 Å². The van der Waals surface area contributed by atoms with E-state index >= 15 is 0 Å². The molecule has 0 saturated carbocycles. The molecule has 0 aliphatic carbocycles. The number of aromatic nitrogens is 4. The average Bonchev–Trinajstić information content (AvgIpc) is 3.63. The average molecular weight is 486 g/mol. The SMILES string of the molecule is Cc1cc(NC(=O)C(=O)c2c(C)[nH]c3ccccc23)n(-c2nc(-c3ccc4c(c3)OCO4)cs2)n1. The number of hydrogen-bond acceptors (Lipinski definition) is 7. The third-order valence-electron chi connectivity index (χ3n) is 5.74. The van der Waals surface area contributed by atoms with Crippen LogP contribution in [0.5, 0.6) is 11.5 Å². The van der Waals surface area contributed by atoms with Gasteiger partial charge in [-0.15, -0.1) is 11.3 Å². The van der Waals surface area contributed by atoms with Crippen molar-refractivity contribution in [2.75, 3.05) is 12.1 Å². The monoisotopic (exact) mass is 485 g/mol. The minimum absolute atomic E-state index is 0.202. The van der Waals surface area contributed by atoms with Gasteiger partial charge in [0, 0.05) is 33.6 Å². The number of benzene rings is 2. The minimum Gasteiger partial charge on any atom is -0.454 e. The zero-order valence-electron chi connectivity index (χ0n) is 18.8. The number of amides is 1. The van der Waals surface area contributed by atoms with Gasteiger partial charge in [0.15, 0.2) is 11.5 Å². The molecule has 1 aliphatic heterocycles. The number of hydrogen-bond donors (Lipinski definition) is 2. The molecule has 1 aliphatic rings. The van der Waals surface area contributed by atoms with Crippen molar-refractivity contribution in [1.82, 2.24) is 19.7 Å². The molecule has 0 unspecified atom stereocenters. The Morgan fingerprint density at radius 2 is 1.91 bits per heavy atom. The van der Waals surface area contributed by atoms with Gasteiger partial charge < -0.3 is 19.8 Å². The summed E-state index contributed by atoms with van der Waals surface area (Å²) < 4.78 is 12.4. The number of ether oxygens (including phenoxy) is 2. The van der Waals surface area contributed by atoms with Crippen LogP contribution < -0.4 is 14.8 Å². The van der Waals surface area contributed by atoms with E-state index in [1.807, 2.05) is 54.8 Å². The Hall–Kier alpha value is -4.44. The standard InChI is InChI=1S/C25H19N5O4S/c1-13-9-21(28-24(32)23(31)22-14(2)26-17-6-4-3-5-16(17)22)30(29-13)25-27-18(11-35-25)15-7-8-19-20(10-15)34-12-33-19/h3-11,26H,12H2,1-2H3,(H,28,32). The predicted molar refractivity (Wildman–Crippen MR) is 132 cm³/mol. The lowest BCUT2D eigenvalue weighted by atomic mass is 10.1. The Morgan fingerprint density at radius 3 is 2.80 bits per heavy atom. The number of aryl methyl sites for hydroxylation is 2. The van der Waals surface area contributed by atoms with Crippen LogP contribution in [0.15, 0.2) is 53.9 Å². The Kier molecular flexibility index (Phi) is 4.89. The van der Waals surface area contributed by atoms with Crippen molar-refractivity contribution in [2.45, 2.75) is 13.8 Å². The van der Waals surface area contributed by atoms with Gasteiger partial charge in [-0.05, 0) is 38.1 Å². The van der Waals surface area contributed by atoms with Crippen molar-refractivity contribution in [2.24, 2.45) is 0 Å². The number of carbonyl (C=O) groups is 2. The summed E-state index contributed by atoms with van der Waals surface area (Å²) in [6.07, 6.45) is 0. The van der Waals surface area contributed by atoms with E-state index in [9.17, 15) is 9.59 Å². The van der Waals surface area contributed by atoms with Crippen molar-refractivity contribution in [3.05, 3.63) is 70.9 Å². The van der Waals surface area contributed by atoms with Gasteiger partial charge in [-0.1, -0.05) is 18.2 Å². The van der Waals surface area contributed by atoms with Crippen molar-refractivity contribution in [1.29, 1.82) is 0 Å². The number of rotatable bonds is 5. The quantitative estimate of drug-likeness (QED) is 0.277. The van der Waals surface area contributed by atoms with Gasteiger partial charge in [0.1, 0.15) is 5.82 Å². The molecular weight excluding hydrogens is 466 g/mol. The fourth-order valence-electron chi connectivity index (χ4n) is 4.14. The van der Waals surface area contributed by atoms with Crippen LogP contribution in [0.3, 0.4) is 0 Å². The van der Waals surface area contributed by atoms with E-state index in [1.54, 1.807) is 13.0 Å². The lowest BCUT2D eigenvalue weighted by molar-refractivity contribution is -0.112. The summed E-state index contributed by atoms with van der Waals surface area (Å²) in [7, 11) is 0. The second kappa shape index (κ2) is 8.10. The van der Waals surface area contributed by atoms with Crippen molar-refractivity contribution in [3.8, 4) is 27.9 Å². The summed E-state index contributed by atoms with van der Waals surface area (Å²) in [5.74, 6) is 0.375. The number of Topliss-reactive ketones (excluding diaryl/α,β-unsaturated/α-hetero) is 1. The fraction of sp³-hybridized carbons (Fsp3) is 0.120. The molecule has 0 atom stereocenters. The third kappa shape index (κ3) is 3.64. The van der Waals surface area contributed by atoms with Crippen LogP contribution in [-0.2, 0) is 4.79 Å². The summed E-state index contributed by atoms with van der Waals surface area (Å²) in [4.78, 5) is 33.9. The number of nitrogens with one attached hydrogen (secondary N) is 2. The maximum Gasteiger partial charge on any atom is 0.298 e. The highest BCUT2D eigenvalue weighted by molar-refractivity contribution is 7.12. The molecule has 0 fully saturated rings. The van der Waals surface area contributed by atoms with E-state index in [0.29, 0.717) is 44.8 Å². The number of para-hydroxylation sites is 1. The molecule has 3 aromatic heterocycles. The first-order valence-corrected chi connectivity index (χ1v) is 11.7. The zero-order chi connectivity index (χ0) is 24.1. The van der Waals surface area contributed by atoms with Gasteiger partial charge in [-0.25, -0.2) is 4.98 Å². The molecule has 6 rings (SSSR count). The van der Waals surface area contributed by atoms with E-state index in [0.717, 1.165) is 16.8 Å². The molecule has 2 N–H and O–H groups in total. The van der Waals surface area contributed by atoms with E-state index in [4.69, 9.17) is 9.47 Å². The van der Waals surface area contributed by atoms with Crippen molar-refractivity contribution < 1.29 is 19.1 Å². The Balaban J connectivity index is 1.29. The smallest absolute Gasteiger partial charge is 0.298 e. The number of ketones is 1. The molecule has 9 nitrogen and oxygen atoms in total. The fourth-order valence-corrected chi connectivity index (χ4v) is 4.94. The van der Waals surface area contributed by atoms with Crippen LogP contribution in [-0.4, -0.2) is 38.2 Å². The number of carbonyl (C=O) groups excluding carboxylic acids is 2. The number of anilines is 1. The number of aromatic amines is 1. The molecule has 0 saturated heterocycles. The second-order valence-electron chi connectivity index (χ2n) is 8.12. The zero-order valence-corrected chi connectivity index (χ0v) is 19.6. The predicted octanol–water partition coefficient (Wildman–Crippen LogP) is 4.64. The number of nitrogens with zero attached hydrogens (tertiary/aromatic N) is 3. The molecule has 174 valence electrons. The molecular formula is C25H19N5O4S. The molecule has 0 radical (unpaired) electrons. The molecule has 35 heavy (non-hydrogen) atoms. The normalized spacial score (nSPS) is 12.3. The first-order valence-electron chi connectivity index (χ1n) is 10.8. The maximum absolute atomic E-state index is 13.1. The summed E-state index contributed by atoms with van der Waals surface area (Å²) in [5.41, 5.74) is 4.09. The molecule has 0 bridgehead atoms. The first kappa shape index (κ1) is 21.1. The Morgan fingerprint density at radius 1 is 1.09 bits per heavy atom. The van der Waals surface area contributed by atoms with Crippen LogP contribution in [0, 0.1) is 13.8 Å². The third-order valence-corrected chi connectivity index (χ3v) is 6.56. The van der Waals surface area contributed by atoms with Crippen molar-refractivity contribution in [3.63, 3.8) is 0 Å². The van der Waals surface area contributed by atoms with E-state index < -0.39 is 11.7 Å². The molecule has 2 aromatic carbocycles. The van der Waals surface area contributed by atoms with E-state index in [-0.39, 0.29) is 6.79 Å². The van der Waals surface area contributed by atoms with E-state index in [2.05, 4.69) is 20.4 Å². The lowest BCUT2D eigenvalue weighted by Crippen LogP contribution is -2.24. The summed E-state index contributed by atoms with van der Waals surface area (Å²) in [6, 6.07) is 14.7. The Bertz CT molecular complexity index is 1630. The highest BCUT2D eigenvalue weighted by atomic mass is 32.1. The molecule has 5 aromatic rings. The highest BCUT2D eigenvalue weighted by Crippen LogP contribution is 2.36. The summed E-state index contributed by atoms with van der Waals surface area (Å²) >= 11 is 1.37. The Labute approximate surface area is 203 Å². The van der Waals surface area contributed by atoms with Crippen LogP contribution in [0.4, 0.5) is 5.82 Å².